The second kappa shape index (κ2) is 5.25. The van der Waals surface area contributed by atoms with Crippen LogP contribution >= 0.6 is 15.9 Å². The van der Waals surface area contributed by atoms with E-state index in [9.17, 15) is 4.39 Å². The third kappa shape index (κ3) is 2.52. The van der Waals surface area contributed by atoms with E-state index in [-0.39, 0.29) is 5.69 Å². The van der Waals surface area contributed by atoms with Gasteiger partial charge in [-0.3, -0.25) is 0 Å². The van der Waals surface area contributed by atoms with Crippen LogP contribution in [0, 0.1) is 12.7 Å². The smallest absolute Gasteiger partial charge is 0.189 e. The van der Waals surface area contributed by atoms with Crippen LogP contribution in [0.15, 0.2) is 40.9 Å². The molecule has 0 aliphatic carbocycles. The lowest BCUT2D eigenvalue weighted by Gasteiger charge is -2.08. The molecule has 0 saturated heterocycles. The summed E-state index contributed by atoms with van der Waals surface area (Å²) in [5, 5.41) is 11.7. The summed E-state index contributed by atoms with van der Waals surface area (Å²) in [7, 11) is 0. The fraction of sp³-hybridized carbons (Fsp3) is 0.0714. The zero-order valence-electron chi connectivity index (χ0n) is 11.1. The molecule has 0 atom stereocenters. The van der Waals surface area contributed by atoms with Crippen LogP contribution in [0.4, 0.5) is 10.1 Å². The number of hydrogen-bond donors (Lipinski definition) is 1. The van der Waals surface area contributed by atoms with Gasteiger partial charge in [0.05, 0.1) is 5.69 Å². The highest BCUT2D eigenvalue weighted by molar-refractivity contribution is 9.10. The van der Waals surface area contributed by atoms with Gasteiger partial charge in [-0.15, -0.1) is 5.10 Å². The summed E-state index contributed by atoms with van der Waals surface area (Å²) in [5.74, 6) is 0.0663. The minimum atomic E-state index is -0.395. The van der Waals surface area contributed by atoms with Crippen molar-refractivity contribution in [2.24, 2.45) is 0 Å². The number of aryl methyl sites for hydroxylation is 1. The van der Waals surface area contributed by atoms with Gasteiger partial charge in [-0.25, -0.2) is 4.39 Å². The topological polar surface area (TPSA) is 69.6 Å². The number of anilines is 1. The Morgan fingerprint density at radius 1 is 1.19 bits per heavy atom. The molecular weight excluding hydrogens is 337 g/mol. The van der Waals surface area contributed by atoms with E-state index in [0.717, 1.165) is 15.7 Å². The van der Waals surface area contributed by atoms with Crippen molar-refractivity contribution in [1.29, 1.82) is 0 Å². The zero-order valence-corrected chi connectivity index (χ0v) is 12.7. The van der Waals surface area contributed by atoms with Crippen LogP contribution in [0.2, 0.25) is 0 Å². The number of nitrogens with zero attached hydrogens (tertiary/aromatic N) is 4. The molecule has 0 amide bonds. The van der Waals surface area contributed by atoms with Crippen LogP contribution in [-0.4, -0.2) is 20.2 Å². The second-order valence-corrected chi connectivity index (χ2v) is 5.43. The molecule has 1 aromatic heterocycles. The minimum absolute atomic E-state index is 0.289. The maximum atomic E-state index is 13.2. The van der Waals surface area contributed by atoms with E-state index in [4.69, 9.17) is 5.73 Å². The predicted molar refractivity (Wildman–Crippen MR) is 81.4 cm³/mol. The van der Waals surface area contributed by atoms with Gasteiger partial charge in [-0.05, 0) is 53.2 Å². The molecule has 2 aromatic carbocycles. The Balaban J connectivity index is 2.14. The molecule has 0 bridgehead atoms. The summed E-state index contributed by atoms with van der Waals surface area (Å²) in [6.07, 6.45) is 0. The van der Waals surface area contributed by atoms with Gasteiger partial charge in [0.2, 0.25) is 0 Å². The lowest BCUT2D eigenvalue weighted by molar-refractivity contribution is 0.628. The van der Waals surface area contributed by atoms with Crippen molar-refractivity contribution in [2.45, 2.75) is 6.92 Å². The van der Waals surface area contributed by atoms with Gasteiger partial charge in [0.1, 0.15) is 5.82 Å². The molecule has 0 fully saturated rings. The predicted octanol–water partition coefficient (Wildman–Crippen LogP) is 3.12. The monoisotopic (exact) mass is 347 g/mol. The molecule has 1 heterocycles. The number of benzene rings is 2. The molecule has 0 unspecified atom stereocenters. The molecular formula is C14H11BrFN5. The lowest BCUT2D eigenvalue weighted by atomic mass is 10.1. The molecule has 106 valence electrons. The van der Waals surface area contributed by atoms with E-state index < -0.39 is 5.82 Å². The molecule has 3 rings (SSSR count). The first-order valence-corrected chi connectivity index (χ1v) is 6.96. The molecule has 0 aliphatic heterocycles. The molecule has 2 N–H and O–H groups in total. The van der Waals surface area contributed by atoms with Crippen molar-refractivity contribution in [3.05, 3.63) is 52.3 Å². The second-order valence-electron chi connectivity index (χ2n) is 4.58. The molecule has 0 radical (unpaired) electrons. The summed E-state index contributed by atoms with van der Waals surface area (Å²) >= 11 is 3.48. The lowest BCUT2D eigenvalue weighted by Crippen LogP contribution is -2.02. The van der Waals surface area contributed by atoms with Gasteiger partial charge in [0, 0.05) is 15.7 Å². The van der Waals surface area contributed by atoms with E-state index in [1.165, 1.54) is 12.1 Å². The molecule has 21 heavy (non-hydrogen) atoms. The highest BCUT2D eigenvalue weighted by Crippen LogP contribution is 2.27. The van der Waals surface area contributed by atoms with Crippen LogP contribution < -0.4 is 5.73 Å². The highest BCUT2D eigenvalue weighted by atomic mass is 79.9. The van der Waals surface area contributed by atoms with Gasteiger partial charge in [0.25, 0.3) is 0 Å². The van der Waals surface area contributed by atoms with Crippen molar-refractivity contribution in [3.63, 3.8) is 0 Å². The Bertz CT molecular complexity index is 815. The Labute approximate surface area is 128 Å². The van der Waals surface area contributed by atoms with Crippen LogP contribution in [0.5, 0.6) is 0 Å². The van der Waals surface area contributed by atoms with Crippen molar-refractivity contribution in [1.82, 2.24) is 20.2 Å². The fourth-order valence-electron chi connectivity index (χ4n) is 1.98. The van der Waals surface area contributed by atoms with Crippen molar-refractivity contribution < 1.29 is 4.39 Å². The summed E-state index contributed by atoms with van der Waals surface area (Å²) in [6.45, 7) is 1.99. The van der Waals surface area contributed by atoms with E-state index >= 15 is 0 Å². The van der Waals surface area contributed by atoms with Gasteiger partial charge in [0.15, 0.2) is 5.82 Å². The maximum Gasteiger partial charge on any atom is 0.189 e. The third-order valence-corrected chi connectivity index (χ3v) is 3.98. The Morgan fingerprint density at radius 3 is 2.71 bits per heavy atom. The molecule has 3 aromatic rings. The fourth-order valence-corrected chi connectivity index (χ4v) is 2.35. The first-order chi connectivity index (χ1) is 10.1. The SMILES string of the molecule is Cc1ccc(-n2nnnc2-c2ccc(F)cc2N)cc1Br. The van der Waals surface area contributed by atoms with E-state index in [1.54, 1.807) is 10.7 Å². The zero-order chi connectivity index (χ0) is 15.0. The van der Waals surface area contributed by atoms with E-state index in [1.807, 2.05) is 25.1 Å². The summed E-state index contributed by atoms with van der Waals surface area (Å²) in [6, 6.07) is 9.92. The number of halogens is 2. The average Bonchev–Trinajstić information content (AvgIpc) is 2.91. The normalized spacial score (nSPS) is 10.8. The quantitative estimate of drug-likeness (QED) is 0.723. The van der Waals surface area contributed by atoms with Crippen LogP contribution in [0.25, 0.3) is 17.1 Å². The van der Waals surface area contributed by atoms with Gasteiger partial charge in [-0.1, -0.05) is 22.0 Å². The number of hydrogen-bond acceptors (Lipinski definition) is 4. The molecule has 0 spiro atoms. The van der Waals surface area contributed by atoms with Crippen LogP contribution in [-0.2, 0) is 0 Å². The number of aromatic nitrogens is 4. The van der Waals surface area contributed by atoms with Gasteiger partial charge >= 0.3 is 0 Å². The number of tetrazole rings is 1. The maximum absolute atomic E-state index is 13.2. The van der Waals surface area contributed by atoms with Crippen molar-refractivity contribution >= 4 is 21.6 Å². The van der Waals surface area contributed by atoms with Gasteiger partial charge in [-0.2, -0.15) is 4.68 Å². The molecule has 0 saturated carbocycles. The highest BCUT2D eigenvalue weighted by Gasteiger charge is 2.14. The number of nitrogens with two attached hydrogens (primary N) is 1. The number of nitrogen functional groups attached to an aromatic ring is 1. The molecule has 7 heteroatoms. The average molecular weight is 348 g/mol. The Morgan fingerprint density at radius 2 is 2.00 bits per heavy atom. The van der Waals surface area contributed by atoms with Crippen molar-refractivity contribution in [2.75, 3.05) is 5.73 Å². The van der Waals surface area contributed by atoms with Crippen LogP contribution in [0.3, 0.4) is 0 Å². The summed E-state index contributed by atoms with van der Waals surface area (Å²) in [5.41, 5.74) is 8.62. The number of rotatable bonds is 2. The Kier molecular flexibility index (Phi) is 3.42. The third-order valence-electron chi connectivity index (χ3n) is 3.12. The van der Waals surface area contributed by atoms with E-state index in [0.29, 0.717) is 11.4 Å². The standard InChI is InChI=1S/C14H11BrFN5/c1-8-2-4-10(7-12(8)15)21-14(18-19-20-21)11-5-3-9(16)6-13(11)17/h2-7H,17H2,1H3. The largest absolute Gasteiger partial charge is 0.398 e. The van der Waals surface area contributed by atoms with Crippen molar-refractivity contribution in [3.8, 4) is 17.1 Å². The summed E-state index contributed by atoms with van der Waals surface area (Å²) < 4.78 is 15.7. The molecule has 0 aliphatic rings. The Hall–Kier alpha value is -2.28. The molecule has 5 nitrogen and oxygen atoms in total. The first-order valence-electron chi connectivity index (χ1n) is 6.16. The minimum Gasteiger partial charge on any atom is -0.398 e. The van der Waals surface area contributed by atoms with Crippen LogP contribution in [0.1, 0.15) is 5.56 Å². The van der Waals surface area contributed by atoms with Gasteiger partial charge < -0.3 is 5.73 Å². The first kappa shape index (κ1) is 13.7. The summed E-state index contributed by atoms with van der Waals surface area (Å²) in [4.78, 5) is 0. The van der Waals surface area contributed by atoms with E-state index in [2.05, 4.69) is 31.5 Å².